The molecule has 0 amide bonds. The Morgan fingerprint density at radius 1 is 0.552 bits per heavy atom. The number of para-hydroxylation sites is 2. The SMILES string of the molecule is Brc1ccc2c(c1)c1ccc3c(ccn3-c3ccccc3)c1n2-c1ccccc1. The van der Waals surface area contributed by atoms with Crippen molar-refractivity contribution in [1.29, 1.82) is 0 Å². The van der Waals surface area contributed by atoms with Crippen LogP contribution in [0.1, 0.15) is 0 Å². The lowest BCUT2D eigenvalue weighted by Crippen LogP contribution is -1.94. The molecule has 2 nitrogen and oxygen atoms in total. The molecule has 2 aromatic heterocycles. The van der Waals surface area contributed by atoms with Crippen LogP contribution in [0.25, 0.3) is 44.1 Å². The number of aromatic nitrogens is 2. The lowest BCUT2D eigenvalue weighted by atomic mass is 10.1. The lowest BCUT2D eigenvalue weighted by molar-refractivity contribution is 1.13. The maximum atomic E-state index is 3.65. The van der Waals surface area contributed by atoms with Crippen LogP contribution >= 0.6 is 15.9 Å². The number of halogens is 1. The van der Waals surface area contributed by atoms with E-state index in [1.165, 1.54) is 44.1 Å². The zero-order valence-corrected chi connectivity index (χ0v) is 17.2. The summed E-state index contributed by atoms with van der Waals surface area (Å²) in [5.74, 6) is 0. The number of nitrogens with zero attached hydrogens (tertiary/aromatic N) is 2. The molecule has 0 saturated carbocycles. The monoisotopic (exact) mass is 436 g/mol. The highest BCUT2D eigenvalue weighted by Gasteiger charge is 2.16. The minimum absolute atomic E-state index is 1.10. The summed E-state index contributed by atoms with van der Waals surface area (Å²) in [5, 5.41) is 3.78. The van der Waals surface area contributed by atoms with Crippen LogP contribution in [0.15, 0.2) is 108 Å². The molecule has 0 aliphatic carbocycles. The fourth-order valence-electron chi connectivity index (χ4n) is 4.36. The second-order valence-corrected chi connectivity index (χ2v) is 8.16. The highest BCUT2D eigenvalue weighted by Crippen LogP contribution is 2.38. The minimum atomic E-state index is 1.10. The largest absolute Gasteiger partial charge is 0.316 e. The lowest BCUT2D eigenvalue weighted by Gasteiger charge is -2.09. The van der Waals surface area contributed by atoms with E-state index in [0.717, 1.165) is 4.47 Å². The Morgan fingerprint density at radius 3 is 2.00 bits per heavy atom. The number of hydrogen-bond acceptors (Lipinski definition) is 0. The summed E-state index contributed by atoms with van der Waals surface area (Å²) in [6, 6.07) is 34.4. The molecule has 2 heterocycles. The summed E-state index contributed by atoms with van der Waals surface area (Å²) in [4.78, 5) is 0. The summed E-state index contributed by atoms with van der Waals surface area (Å²) in [6.45, 7) is 0. The fourth-order valence-corrected chi connectivity index (χ4v) is 4.72. The van der Waals surface area contributed by atoms with Gasteiger partial charge in [-0.25, -0.2) is 0 Å². The van der Waals surface area contributed by atoms with Gasteiger partial charge in [-0.15, -0.1) is 0 Å². The number of hydrogen-bond donors (Lipinski definition) is 0. The minimum Gasteiger partial charge on any atom is -0.316 e. The molecule has 0 N–H and O–H groups in total. The number of fused-ring (bicyclic) bond motifs is 5. The molecular formula is C26H17BrN2. The van der Waals surface area contributed by atoms with Crippen LogP contribution in [-0.2, 0) is 0 Å². The molecule has 29 heavy (non-hydrogen) atoms. The highest BCUT2D eigenvalue weighted by molar-refractivity contribution is 9.10. The van der Waals surface area contributed by atoms with Gasteiger partial charge in [0, 0.05) is 38.2 Å². The van der Waals surface area contributed by atoms with E-state index in [0.29, 0.717) is 0 Å². The molecule has 3 heteroatoms. The third-order valence-corrected chi connectivity index (χ3v) is 6.10. The van der Waals surface area contributed by atoms with Gasteiger partial charge >= 0.3 is 0 Å². The Morgan fingerprint density at radius 2 is 1.24 bits per heavy atom. The molecule has 0 saturated heterocycles. The van der Waals surface area contributed by atoms with Crippen molar-refractivity contribution < 1.29 is 0 Å². The van der Waals surface area contributed by atoms with Crippen molar-refractivity contribution in [3.63, 3.8) is 0 Å². The van der Waals surface area contributed by atoms with Crippen LogP contribution in [-0.4, -0.2) is 9.13 Å². The van der Waals surface area contributed by atoms with E-state index < -0.39 is 0 Å². The Kier molecular flexibility index (Phi) is 3.65. The zero-order valence-electron chi connectivity index (χ0n) is 15.6. The average Bonchev–Trinajstić information content (AvgIpc) is 3.34. The molecule has 0 aliphatic rings. The van der Waals surface area contributed by atoms with E-state index in [1.807, 2.05) is 0 Å². The molecule has 0 fully saturated rings. The molecular weight excluding hydrogens is 420 g/mol. The average molecular weight is 437 g/mol. The Labute approximate surface area is 176 Å². The summed E-state index contributed by atoms with van der Waals surface area (Å²) in [5.41, 5.74) is 6.02. The van der Waals surface area contributed by atoms with E-state index in [2.05, 4.69) is 128 Å². The van der Waals surface area contributed by atoms with Crippen LogP contribution in [0.3, 0.4) is 0 Å². The van der Waals surface area contributed by atoms with Crippen LogP contribution in [0.2, 0.25) is 0 Å². The van der Waals surface area contributed by atoms with Crippen molar-refractivity contribution in [3.8, 4) is 11.4 Å². The van der Waals surface area contributed by atoms with Crippen LogP contribution < -0.4 is 0 Å². The molecule has 138 valence electrons. The Balaban J connectivity index is 1.79. The summed E-state index contributed by atoms with van der Waals surface area (Å²) in [7, 11) is 0. The number of benzene rings is 4. The predicted molar refractivity (Wildman–Crippen MR) is 125 cm³/mol. The molecule has 4 aromatic carbocycles. The van der Waals surface area contributed by atoms with Crippen molar-refractivity contribution in [2.45, 2.75) is 0 Å². The van der Waals surface area contributed by atoms with Gasteiger partial charge in [-0.1, -0.05) is 58.4 Å². The van der Waals surface area contributed by atoms with Crippen LogP contribution in [0.4, 0.5) is 0 Å². The molecule has 0 aliphatic heterocycles. The van der Waals surface area contributed by atoms with Gasteiger partial charge in [0.1, 0.15) is 0 Å². The zero-order chi connectivity index (χ0) is 19.4. The van der Waals surface area contributed by atoms with Gasteiger partial charge < -0.3 is 9.13 Å². The molecule has 0 unspecified atom stereocenters. The molecule has 0 atom stereocenters. The smallest absolute Gasteiger partial charge is 0.0635 e. The van der Waals surface area contributed by atoms with E-state index in [1.54, 1.807) is 0 Å². The van der Waals surface area contributed by atoms with Crippen LogP contribution in [0, 0.1) is 0 Å². The van der Waals surface area contributed by atoms with E-state index in [4.69, 9.17) is 0 Å². The molecule has 6 rings (SSSR count). The molecule has 0 spiro atoms. The van der Waals surface area contributed by atoms with Gasteiger partial charge in [0.25, 0.3) is 0 Å². The van der Waals surface area contributed by atoms with E-state index >= 15 is 0 Å². The third-order valence-electron chi connectivity index (χ3n) is 5.61. The highest BCUT2D eigenvalue weighted by atomic mass is 79.9. The van der Waals surface area contributed by atoms with Gasteiger partial charge in [0.2, 0.25) is 0 Å². The Bertz CT molecular complexity index is 1490. The maximum Gasteiger partial charge on any atom is 0.0635 e. The molecule has 6 aromatic rings. The van der Waals surface area contributed by atoms with Gasteiger partial charge in [-0.05, 0) is 54.6 Å². The van der Waals surface area contributed by atoms with Gasteiger partial charge in [0.15, 0.2) is 0 Å². The first-order valence-electron chi connectivity index (χ1n) is 9.66. The first kappa shape index (κ1) is 16.6. The maximum absolute atomic E-state index is 3.65. The normalized spacial score (nSPS) is 11.6. The Hall–Kier alpha value is -3.30. The topological polar surface area (TPSA) is 9.86 Å². The fraction of sp³-hybridized carbons (Fsp3) is 0. The third kappa shape index (κ3) is 2.48. The van der Waals surface area contributed by atoms with Crippen molar-refractivity contribution in [2.75, 3.05) is 0 Å². The second-order valence-electron chi connectivity index (χ2n) is 7.25. The van der Waals surface area contributed by atoms with Gasteiger partial charge in [-0.2, -0.15) is 0 Å². The summed E-state index contributed by atoms with van der Waals surface area (Å²) >= 11 is 3.65. The van der Waals surface area contributed by atoms with Crippen molar-refractivity contribution in [1.82, 2.24) is 9.13 Å². The van der Waals surface area contributed by atoms with Crippen molar-refractivity contribution in [3.05, 3.63) is 108 Å². The van der Waals surface area contributed by atoms with Crippen LogP contribution in [0.5, 0.6) is 0 Å². The van der Waals surface area contributed by atoms with Crippen molar-refractivity contribution in [2.24, 2.45) is 0 Å². The quantitative estimate of drug-likeness (QED) is 0.266. The summed E-state index contributed by atoms with van der Waals surface area (Å²) < 4.78 is 5.74. The molecule has 0 radical (unpaired) electrons. The van der Waals surface area contributed by atoms with E-state index in [9.17, 15) is 0 Å². The van der Waals surface area contributed by atoms with E-state index in [-0.39, 0.29) is 0 Å². The first-order chi connectivity index (χ1) is 14.3. The van der Waals surface area contributed by atoms with Gasteiger partial charge in [0.05, 0.1) is 16.6 Å². The number of rotatable bonds is 2. The standard InChI is InChI=1S/C26H17BrN2/c27-18-11-13-25-23(17-18)21-12-14-24-22(15-16-28(24)19-7-3-1-4-8-19)26(21)29(25)20-9-5-2-6-10-20/h1-17H. The molecule has 0 bridgehead atoms. The second kappa shape index (κ2) is 6.36. The van der Waals surface area contributed by atoms with Crippen molar-refractivity contribution >= 4 is 48.6 Å². The predicted octanol–water partition coefficient (Wildman–Crippen LogP) is 7.49. The summed E-state index contributed by atoms with van der Waals surface area (Å²) in [6.07, 6.45) is 2.17. The first-order valence-corrected chi connectivity index (χ1v) is 10.5. The van der Waals surface area contributed by atoms with Gasteiger partial charge in [-0.3, -0.25) is 0 Å².